The molecule has 9 heteroatoms. The molecule has 1 amide bonds. The molecule has 6 nitrogen and oxygen atoms in total. The summed E-state index contributed by atoms with van der Waals surface area (Å²) in [6, 6.07) is 10.3. The number of pyridine rings is 1. The second kappa shape index (κ2) is 7.65. The monoisotopic (exact) mass is 354 g/mol. The number of aromatic nitrogens is 1. The fourth-order valence-corrected chi connectivity index (χ4v) is 1.88. The van der Waals surface area contributed by atoms with Gasteiger partial charge >= 0.3 is 18.2 Å². The maximum Gasteiger partial charge on any atom is 0.417 e. The number of alkyl halides is 3. The third kappa shape index (κ3) is 5.20. The Bertz CT molecular complexity index is 733. The van der Waals surface area contributed by atoms with Crippen LogP contribution in [0.3, 0.4) is 0 Å². The minimum absolute atomic E-state index is 0.115. The molecule has 1 heterocycles. The average molecular weight is 354 g/mol. The SMILES string of the molecule is O=C(O)CN(C(=O)OCc1ccccc1)c1ccc(C(F)(F)F)cn1. The molecular weight excluding hydrogens is 341 g/mol. The van der Waals surface area contributed by atoms with Crippen LogP contribution in [-0.4, -0.2) is 28.7 Å². The third-order valence-electron chi connectivity index (χ3n) is 3.07. The van der Waals surface area contributed by atoms with Gasteiger partial charge in [-0.3, -0.25) is 9.69 Å². The summed E-state index contributed by atoms with van der Waals surface area (Å²) in [4.78, 5) is 27.2. The molecule has 0 unspecified atom stereocenters. The summed E-state index contributed by atoms with van der Waals surface area (Å²) in [6.07, 6.45) is -5.09. The second-order valence-corrected chi connectivity index (χ2v) is 4.92. The fourth-order valence-electron chi connectivity index (χ4n) is 1.88. The summed E-state index contributed by atoms with van der Waals surface area (Å²) >= 11 is 0. The molecule has 1 N–H and O–H groups in total. The minimum Gasteiger partial charge on any atom is -0.480 e. The summed E-state index contributed by atoms with van der Waals surface area (Å²) in [5, 5.41) is 8.91. The van der Waals surface area contributed by atoms with E-state index in [1.165, 1.54) is 0 Å². The molecular formula is C16H13F3N2O4. The number of rotatable bonds is 5. The van der Waals surface area contributed by atoms with E-state index in [1.807, 2.05) is 0 Å². The van der Waals surface area contributed by atoms with E-state index in [0.717, 1.165) is 6.07 Å². The van der Waals surface area contributed by atoms with Gasteiger partial charge in [0.05, 0.1) is 5.56 Å². The van der Waals surface area contributed by atoms with Gasteiger partial charge in [0.25, 0.3) is 0 Å². The summed E-state index contributed by atoms with van der Waals surface area (Å²) in [6.45, 7) is -0.914. The molecule has 0 radical (unpaired) electrons. The van der Waals surface area contributed by atoms with Crippen molar-refractivity contribution in [2.75, 3.05) is 11.4 Å². The number of hydrogen-bond acceptors (Lipinski definition) is 4. The summed E-state index contributed by atoms with van der Waals surface area (Å²) in [5.74, 6) is -1.62. The van der Waals surface area contributed by atoms with Crippen molar-refractivity contribution >= 4 is 17.9 Å². The number of hydrogen-bond donors (Lipinski definition) is 1. The molecule has 132 valence electrons. The van der Waals surface area contributed by atoms with Crippen molar-refractivity contribution in [2.45, 2.75) is 12.8 Å². The topological polar surface area (TPSA) is 79.7 Å². The Morgan fingerprint density at radius 3 is 2.32 bits per heavy atom. The average Bonchev–Trinajstić information content (AvgIpc) is 2.58. The number of amides is 1. The van der Waals surface area contributed by atoms with Gasteiger partial charge < -0.3 is 9.84 Å². The highest BCUT2D eigenvalue weighted by Gasteiger charge is 2.31. The van der Waals surface area contributed by atoms with Gasteiger partial charge in [-0.1, -0.05) is 30.3 Å². The predicted octanol–water partition coefficient (Wildman–Crippen LogP) is 3.33. The standard InChI is InChI=1S/C16H13F3N2O4/c17-16(18,19)12-6-7-13(20-8-12)21(9-14(22)23)15(24)25-10-11-4-2-1-3-5-11/h1-8H,9-10H2,(H,22,23). The molecule has 0 aliphatic carbocycles. The van der Waals surface area contributed by atoms with E-state index in [2.05, 4.69) is 4.98 Å². The number of anilines is 1. The Labute approximate surface area is 140 Å². The molecule has 0 saturated heterocycles. The molecule has 1 aromatic heterocycles. The normalized spacial score (nSPS) is 11.0. The lowest BCUT2D eigenvalue weighted by atomic mass is 10.2. The van der Waals surface area contributed by atoms with Crippen LogP contribution in [0.1, 0.15) is 11.1 Å². The van der Waals surface area contributed by atoms with Crippen LogP contribution in [-0.2, 0) is 22.3 Å². The molecule has 1 aromatic carbocycles. The molecule has 0 fully saturated rings. The number of ether oxygens (including phenoxy) is 1. The van der Waals surface area contributed by atoms with Crippen LogP contribution in [0.5, 0.6) is 0 Å². The Balaban J connectivity index is 2.14. The van der Waals surface area contributed by atoms with Crippen molar-refractivity contribution in [1.29, 1.82) is 0 Å². The Morgan fingerprint density at radius 1 is 1.12 bits per heavy atom. The van der Waals surface area contributed by atoms with Gasteiger partial charge in [0.1, 0.15) is 19.0 Å². The van der Waals surface area contributed by atoms with E-state index in [-0.39, 0.29) is 12.4 Å². The molecule has 0 bridgehead atoms. The van der Waals surface area contributed by atoms with Gasteiger partial charge in [-0.2, -0.15) is 13.2 Å². The summed E-state index contributed by atoms with van der Waals surface area (Å²) in [7, 11) is 0. The Hall–Kier alpha value is -3.10. The quantitative estimate of drug-likeness (QED) is 0.891. The fraction of sp³-hybridized carbons (Fsp3) is 0.188. The third-order valence-corrected chi connectivity index (χ3v) is 3.07. The Morgan fingerprint density at radius 2 is 1.80 bits per heavy atom. The van der Waals surface area contributed by atoms with E-state index in [1.54, 1.807) is 30.3 Å². The van der Waals surface area contributed by atoms with Crippen molar-refractivity contribution < 1.29 is 32.6 Å². The van der Waals surface area contributed by atoms with E-state index < -0.39 is 30.3 Å². The maximum atomic E-state index is 12.6. The number of carbonyl (C=O) groups is 2. The molecule has 0 aliphatic rings. The van der Waals surface area contributed by atoms with Crippen LogP contribution in [0.25, 0.3) is 0 Å². The minimum atomic E-state index is -4.59. The van der Waals surface area contributed by atoms with Gasteiger partial charge in [-0.05, 0) is 17.7 Å². The van der Waals surface area contributed by atoms with Crippen LogP contribution in [0.2, 0.25) is 0 Å². The summed E-state index contributed by atoms with van der Waals surface area (Å²) < 4.78 is 42.7. The van der Waals surface area contributed by atoms with Crippen molar-refractivity contribution in [3.8, 4) is 0 Å². The number of carboxylic acids is 1. The Kier molecular flexibility index (Phi) is 5.58. The highest BCUT2D eigenvalue weighted by atomic mass is 19.4. The smallest absolute Gasteiger partial charge is 0.417 e. The first-order valence-electron chi connectivity index (χ1n) is 7.00. The molecule has 0 aliphatic heterocycles. The first-order valence-corrected chi connectivity index (χ1v) is 7.00. The van der Waals surface area contributed by atoms with Gasteiger partial charge in [-0.15, -0.1) is 0 Å². The van der Waals surface area contributed by atoms with Gasteiger partial charge in [0, 0.05) is 6.20 Å². The van der Waals surface area contributed by atoms with Gasteiger partial charge in [0.2, 0.25) is 0 Å². The molecule has 2 rings (SSSR count). The van der Waals surface area contributed by atoms with Crippen LogP contribution in [0.15, 0.2) is 48.7 Å². The maximum absolute atomic E-state index is 12.6. The highest BCUT2D eigenvalue weighted by Crippen LogP contribution is 2.29. The number of nitrogens with zero attached hydrogens (tertiary/aromatic N) is 2. The van der Waals surface area contributed by atoms with Crippen molar-refractivity contribution in [2.24, 2.45) is 0 Å². The number of carbonyl (C=O) groups excluding carboxylic acids is 1. The van der Waals surface area contributed by atoms with Gasteiger partial charge in [-0.25, -0.2) is 9.78 Å². The lowest BCUT2D eigenvalue weighted by molar-refractivity contribution is -0.138. The van der Waals surface area contributed by atoms with Crippen LogP contribution in [0, 0.1) is 0 Å². The lowest BCUT2D eigenvalue weighted by Gasteiger charge is -2.19. The van der Waals surface area contributed by atoms with E-state index >= 15 is 0 Å². The number of benzene rings is 1. The molecule has 0 saturated carbocycles. The first kappa shape index (κ1) is 18.2. The van der Waals surface area contributed by atoms with Gasteiger partial charge in [0.15, 0.2) is 0 Å². The predicted molar refractivity (Wildman–Crippen MR) is 80.8 cm³/mol. The van der Waals surface area contributed by atoms with E-state index in [4.69, 9.17) is 9.84 Å². The molecule has 2 aromatic rings. The van der Waals surface area contributed by atoms with Crippen LogP contribution >= 0.6 is 0 Å². The molecule has 0 atom stereocenters. The number of aliphatic carboxylic acids is 1. The lowest BCUT2D eigenvalue weighted by Crippen LogP contribution is -2.36. The van der Waals surface area contributed by atoms with E-state index in [0.29, 0.717) is 22.7 Å². The largest absolute Gasteiger partial charge is 0.480 e. The number of halogens is 3. The van der Waals surface area contributed by atoms with Crippen LogP contribution in [0.4, 0.5) is 23.8 Å². The summed E-state index contributed by atoms with van der Waals surface area (Å²) in [5.41, 5.74) is -0.337. The highest BCUT2D eigenvalue weighted by molar-refractivity contribution is 5.91. The molecule has 0 spiro atoms. The molecule has 25 heavy (non-hydrogen) atoms. The van der Waals surface area contributed by atoms with Crippen molar-refractivity contribution in [3.63, 3.8) is 0 Å². The first-order chi connectivity index (χ1) is 11.8. The zero-order valence-corrected chi connectivity index (χ0v) is 12.7. The second-order valence-electron chi connectivity index (χ2n) is 4.92. The zero-order valence-electron chi connectivity index (χ0n) is 12.7. The van der Waals surface area contributed by atoms with Crippen molar-refractivity contribution in [1.82, 2.24) is 4.98 Å². The van der Waals surface area contributed by atoms with Crippen molar-refractivity contribution in [3.05, 3.63) is 59.8 Å². The van der Waals surface area contributed by atoms with E-state index in [9.17, 15) is 22.8 Å². The number of carboxylic acid groups (broad SMARTS) is 1. The zero-order chi connectivity index (χ0) is 18.4. The van der Waals surface area contributed by atoms with Crippen LogP contribution < -0.4 is 4.90 Å².